The molecule has 1 aliphatic rings. The first-order chi connectivity index (χ1) is 13.7. The third kappa shape index (κ3) is 4.37. The van der Waals surface area contributed by atoms with Crippen molar-refractivity contribution in [3.8, 4) is 17.6 Å². The normalized spacial score (nSPS) is 13.6. The van der Waals surface area contributed by atoms with Crippen LogP contribution in [0.5, 0.6) is 11.5 Å². The van der Waals surface area contributed by atoms with Gasteiger partial charge in [-0.3, -0.25) is 0 Å². The summed E-state index contributed by atoms with van der Waals surface area (Å²) >= 11 is 0. The lowest BCUT2D eigenvalue weighted by molar-refractivity contribution is 0.183. The Hall–Kier alpha value is -3.20. The van der Waals surface area contributed by atoms with Crippen LogP contribution in [0.4, 0.5) is 10.5 Å². The van der Waals surface area contributed by atoms with Crippen molar-refractivity contribution in [2.45, 2.75) is 38.3 Å². The van der Waals surface area contributed by atoms with Gasteiger partial charge in [-0.05, 0) is 43.2 Å². The molecule has 1 aliphatic carbocycles. The summed E-state index contributed by atoms with van der Waals surface area (Å²) in [6.07, 6.45) is 4.24. The Morgan fingerprint density at radius 3 is 2.46 bits per heavy atom. The predicted molar refractivity (Wildman–Crippen MR) is 108 cm³/mol. The second kappa shape index (κ2) is 9.14. The quantitative estimate of drug-likeness (QED) is 0.799. The van der Waals surface area contributed by atoms with Crippen molar-refractivity contribution in [2.24, 2.45) is 0 Å². The van der Waals surface area contributed by atoms with Gasteiger partial charge in [0.2, 0.25) is 0 Å². The van der Waals surface area contributed by atoms with Gasteiger partial charge in [-0.15, -0.1) is 0 Å². The highest BCUT2D eigenvalue weighted by Crippen LogP contribution is 2.33. The molecule has 2 amide bonds. The van der Waals surface area contributed by atoms with E-state index in [4.69, 9.17) is 14.7 Å². The molecule has 0 heterocycles. The third-order valence-corrected chi connectivity index (χ3v) is 5.12. The van der Waals surface area contributed by atoms with Gasteiger partial charge in [0.05, 0.1) is 32.4 Å². The molecule has 1 N–H and O–H groups in total. The Kier molecular flexibility index (Phi) is 6.38. The predicted octanol–water partition coefficient (Wildman–Crippen LogP) is 4.55. The van der Waals surface area contributed by atoms with E-state index in [9.17, 15) is 4.79 Å². The molecule has 2 aromatic carbocycles. The molecule has 0 atom stereocenters. The zero-order chi connectivity index (χ0) is 19.9. The summed E-state index contributed by atoms with van der Waals surface area (Å²) in [5, 5.41) is 11.9. The standard InChI is InChI=1S/C22H25N3O3/c1-27-20-9-5-6-17(21(20)28-2)15-25(19-7-3-4-8-19)22(26)24-18-12-10-16(14-23)11-13-18/h5-6,9-13,19H,3-4,7-8,15H2,1-2H3,(H,24,26). The summed E-state index contributed by atoms with van der Waals surface area (Å²) in [7, 11) is 3.21. The van der Waals surface area contributed by atoms with Crippen molar-refractivity contribution in [3.63, 3.8) is 0 Å². The van der Waals surface area contributed by atoms with E-state index in [1.54, 1.807) is 38.5 Å². The second-order valence-corrected chi connectivity index (χ2v) is 6.84. The first-order valence-electron chi connectivity index (χ1n) is 9.44. The number of urea groups is 1. The molecule has 3 rings (SSSR count). The van der Waals surface area contributed by atoms with Crippen LogP contribution in [-0.4, -0.2) is 31.2 Å². The lowest BCUT2D eigenvalue weighted by Crippen LogP contribution is -2.41. The highest BCUT2D eigenvalue weighted by atomic mass is 16.5. The molecule has 1 saturated carbocycles. The minimum atomic E-state index is -0.151. The molecule has 0 aromatic heterocycles. The number of para-hydroxylation sites is 1. The van der Waals surface area contributed by atoms with E-state index in [2.05, 4.69) is 11.4 Å². The first-order valence-corrected chi connectivity index (χ1v) is 9.44. The minimum Gasteiger partial charge on any atom is -0.493 e. The van der Waals surface area contributed by atoms with E-state index in [1.165, 1.54) is 0 Å². The topological polar surface area (TPSA) is 74.6 Å². The molecule has 0 saturated heterocycles. The van der Waals surface area contributed by atoms with E-state index in [1.807, 2.05) is 23.1 Å². The first kappa shape index (κ1) is 19.6. The Balaban J connectivity index is 1.83. The number of hydrogen-bond acceptors (Lipinski definition) is 4. The molecule has 0 radical (unpaired) electrons. The van der Waals surface area contributed by atoms with Crippen LogP contribution in [0.3, 0.4) is 0 Å². The summed E-state index contributed by atoms with van der Waals surface area (Å²) in [4.78, 5) is 15.0. The number of carbonyl (C=O) groups excluding carboxylic acids is 1. The molecule has 0 spiro atoms. The van der Waals surface area contributed by atoms with Gasteiger partial charge < -0.3 is 19.7 Å². The maximum atomic E-state index is 13.1. The molecule has 146 valence electrons. The SMILES string of the molecule is COc1cccc(CN(C(=O)Nc2ccc(C#N)cc2)C2CCCC2)c1OC. The molecular formula is C22H25N3O3. The molecule has 28 heavy (non-hydrogen) atoms. The van der Waals surface area contributed by atoms with Crippen LogP contribution < -0.4 is 14.8 Å². The van der Waals surface area contributed by atoms with Crippen molar-refractivity contribution in [2.75, 3.05) is 19.5 Å². The number of ether oxygens (including phenoxy) is 2. The number of methoxy groups -OCH3 is 2. The van der Waals surface area contributed by atoms with E-state index < -0.39 is 0 Å². The molecule has 2 aromatic rings. The number of nitrogens with zero attached hydrogens (tertiary/aromatic N) is 2. The highest BCUT2D eigenvalue weighted by molar-refractivity contribution is 5.89. The fourth-order valence-corrected chi connectivity index (χ4v) is 3.67. The monoisotopic (exact) mass is 379 g/mol. The van der Waals surface area contributed by atoms with Crippen molar-refractivity contribution < 1.29 is 14.3 Å². The Labute approximate surface area is 165 Å². The number of amides is 2. The number of hydrogen-bond donors (Lipinski definition) is 1. The van der Waals surface area contributed by atoms with Gasteiger partial charge in [-0.25, -0.2) is 4.79 Å². The van der Waals surface area contributed by atoms with Crippen LogP contribution in [0.25, 0.3) is 0 Å². The van der Waals surface area contributed by atoms with Gasteiger partial charge in [-0.2, -0.15) is 5.26 Å². The van der Waals surface area contributed by atoms with Crippen LogP contribution in [0.1, 0.15) is 36.8 Å². The summed E-state index contributed by atoms with van der Waals surface area (Å²) in [6.45, 7) is 0.438. The zero-order valence-electron chi connectivity index (χ0n) is 16.3. The van der Waals surface area contributed by atoms with Gasteiger partial charge in [0.1, 0.15) is 0 Å². The molecule has 6 heteroatoms. The second-order valence-electron chi connectivity index (χ2n) is 6.84. The van der Waals surface area contributed by atoms with Crippen LogP contribution in [0, 0.1) is 11.3 Å². The smallest absolute Gasteiger partial charge is 0.322 e. The Morgan fingerprint density at radius 1 is 1.14 bits per heavy atom. The van der Waals surface area contributed by atoms with Gasteiger partial charge >= 0.3 is 6.03 Å². The maximum absolute atomic E-state index is 13.1. The molecule has 6 nitrogen and oxygen atoms in total. The molecular weight excluding hydrogens is 354 g/mol. The van der Waals surface area contributed by atoms with Crippen LogP contribution >= 0.6 is 0 Å². The highest BCUT2D eigenvalue weighted by Gasteiger charge is 2.28. The Bertz CT molecular complexity index is 852. The summed E-state index contributed by atoms with van der Waals surface area (Å²) < 4.78 is 10.9. The molecule has 0 bridgehead atoms. The van der Waals surface area contributed by atoms with Gasteiger partial charge in [-0.1, -0.05) is 25.0 Å². The fraction of sp³-hybridized carbons (Fsp3) is 0.364. The van der Waals surface area contributed by atoms with E-state index >= 15 is 0 Å². The Morgan fingerprint density at radius 2 is 1.86 bits per heavy atom. The van der Waals surface area contributed by atoms with Crippen LogP contribution in [-0.2, 0) is 6.54 Å². The number of carbonyl (C=O) groups is 1. The van der Waals surface area contributed by atoms with Crippen LogP contribution in [0.15, 0.2) is 42.5 Å². The van der Waals surface area contributed by atoms with E-state index in [0.29, 0.717) is 29.3 Å². The van der Waals surface area contributed by atoms with E-state index in [-0.39, 0.29) is 12.1 Å². The number of nitrogens with one attached hydrogen (secondary N) is 1. The largest absolute Gasteiger partial charge is 0.493 e. The average molecular weight is 379 g/mol. The summed E-state index contributed by atoms with van der Waals surface area (Å²) in [6, 6.07) is 14.7. The van der Waals surface area contributed by atoms with Gasteiger partial charge in [0, 0.05) is 17.3 Å². The third-order valence-electron chi connectivity index (χ3n) is 5.12. The molecule has 0 unspecified atom stereocenters. The van der Waals surface area contributed by atoms with Gasteiger partial charge in [0.25, 0.3) is 0 Å². The summed E-state index contributed by atoms with van der Waals surface area (Å²) in [5.74, 6) is 1.30. The number of benzene rings is 2. The van der Waals surface area contributed by atoms with Crippen molar-refractivity contribution in [3.05, 3.63) is 53.6 Å². The minimum absolute atomic E-state index is 0.151. The number of nitriles is 1. The van der Waals surface area contributed by atoms with Gasteiger partial charge in [0.15, 0.2) is 11.5 Å². The maximum Gasteiger partial charge on any atom is 0.322 e. The fourth-order valence-electron chi connectivity index (χ4n) is 3.67. The number of anilines is 1. The number of rotatable bonds is 6. The zero-order valence-corrected chi connectivity index (χ0v) is 16.3. The van der Waals surface area contributed by atoms with Crippen LogP contribution in [0.2, 0.25) is 0 Å². The lowest BCUT2D eigenvalue weighted by Gasteiger charge is -2.30. The molecule has 1 fully saturated rings. The van der Waals surface area contributed by atoms with Crippen molar-refractivity contribution >= 4 is 11.7 Å². The van der Waals surface area contributed by atoms with Crippen molar-refractivity contribution in [1.29, 1.82) is 5.26 Å². The van der Waals surface area contributed by atoms with E-state index in [0.717, 1.165) is 31.2 Å². The average Bonchev–Trinajstić information content (AvgIpc) is 3.26. The summed E-state index contributed by atoms with van der Waals surface area (Å²) in [5.41, 5.74) is 2.14. The molecule has 0 aliphatic heterocycles. The lowest BCUT2D eigenvalue weighted by atomic mass is 10.1. The van der Waals surface area contributed by atoms with Crippen molar-refractivity contribution in [1.82, 2.24) is 4.90 Å².